The Kier molecular flexibility index (Phi) is 5.18. The average molecular weight is 319 g/mol. The topological polar surface area (TPSA) is 89.3 Å². The molecule has 20 heavy (non-hydrogen) atoms. The number of carbonyl (C=O) groups excluding carboxylic acids is 1. The van der Waals surface area contributed by atoms with E-state index in [1.54, 1.807) is 0 Å². The van der Waals surface area contributed by atoms with E-state index in [-0.39, 0.29) is 20.9 Å². The second-order valence-corrected chi connectivity index (χ2v) is 7.36. The van der Waals surface area contributed by atoms with Gasteiger partial charge in [-0.15, -0.1) is 0 Å². The van der Waals surface area contributed by atoms with Crippen molar-refractivity contribution < 1.29 is 13.2 Å². The van der Waals surface area contributed by atoms with Crippen molar-refractivity contribution in [1.82, 2.24) is 5.32 Å². The van der Waals surface area contributed by atoms with E-state index in [2.05, 4.69) is 5.32 Å². The van der Waals surface area contributed by atoms with Gasteiger partial charge < -0.3 is 5.32 Å². The molecule has 0 radical (unpaired) electrons. The van der Waals surface area contributed by atoms with Crippen LogP contribution in [0.5, 0.6) is 0 Å². The Balaban J connectivity index is 2.99. The molecule has 0 fully saturated rings. The van der Waals surface area contributed by atoms with E-state index in [0.29, 0.717) is 6.54 Å². The molecule has 1 rings (SSSR count). The fraction of sp³-hybridized carbons (Fsp3) is 0.462. The van der Waals surface area contributed by atoms with E-state index in [1.165, 1.54) is 18.2 Å². The van der Waals surface area contributed by atoms with Crippen molar-refractivity contribution in [2.75, 3.05) is 6.54 Å². The first-order valence-electron chi connectivity index (χ1n) is 6.17. The van der Waals surface area contributed by atoms with Crippen molar-refractivity contribution in [2.24, 2.45) is 10.6 Å². The van der Waals surface area contributed by atoms with Gasteiger partial charge in [0.1, 0.15) is 0 Å². The highest BCUT2D eigenvalue weighted by Gasteiger charge is 2.19. The number of nitrogens with one attached hydrogen (secondary N) is 1. The van der Waals surface area contributed by atoms with Crippen LogP contribution in [0.4, 0.5) is 0 Å². The van der Waals surface area contributed by atoms with Gasteiger partial charge in [0.15, 0.2) is 0 Å². The summed E-state index contributed by atoms with van der Waals surface area (Å²) < 4.78 is 22.6. The van der Waals surface area contributed by atoms with Crippen LogP contribution in [-0.4, -0.2) is 20.9 Å². The van der Waals surface area contributed by atoms with E-state index in [4.69, 9.17) is 16.7 Å². The number of primary sulfonamides is 1. The van der Waals surface area contributed by atoms with Crippen LogP contribution in [0.3, 0.4) is 0 Å². The minimum absolute atomic E-state index is 0.0420. The molecule has 3 N–H and O–H groups in total. The normalized spacial score (nSPS) is 12.2. The third kappa shape index (κ3) is 4.47. The molecule has 0 atom stereocenters. The number of halogens is 1. The zero-order chi connectivity index (χ0) is 15.6. The predicted molar refractivity (Wildman–Crippen MR) is 79.2 cm³/mol. The third-order valence-corrected chi connectivity index (χ3v) is 4.44. The third-order valence-electron chi connectivity index (χ3n) is 3.20. The summed E-state index contributed by atoms with van der Waals surface area (Å²) in [6.07, 6.45) is 0.901. The molecule has 0 aliphatic heterocycles. The number of amides is 1. The van der Waals surface area contributed by atoms with Crippen molar-refractivity contribution in [1.29, 1.82) is 0 Å². The Morgan fingerprint density at radius 1 is 1.40 bits per heavy atom. The Morgan fingerprint density at radius 2 is 2.00 bits per heavy atom. The Hall–Kier alpha value is -1.11. The summed E-state index contributed by atoms with van der Waals surface area (Å²) in [4.78, 5) is 11.9. The first-order valence-corrected chi connectivity index (χ1v) is 8.10. The Bertz CT molecular complexity index is 612. The van der Waals surface area contributed by atoms with Crippen molar-refractivity contribution in [3.63, 3.8) is 0 Å². The molecule has 7 heteroatoms. The maximum atomic E-state index is 12.1. The zero-order valence-corrected chi connectivity index (χ0v) is 13.3. The van der Waals surface area contributed by atoms with Gasteiger partial charge in [-0.1, -0.05) is 32.4 Å². The minimum atomic E-state index is -3.86. The number of hydrogen-bond acceptors (Lipinski definition) is 3. The molecule has 5 nitrogen and oxygen atoms in total. The van der Waals surface area contributed by atoms with Gasteiger partial charge in [-0.3, -0.25) is 4.79 Å². The number of rotatable bonds is 5. The molecule has 1 aromatic carbocycles. The van der Waals surface area contributed by atoms with Crippen molar-refractivity contribution in [2.45, 2.75) is 32.1 Å². The molecule has 0 saturated carbocycles. The van der Waals surface area contributed by atoms with Crippen LogP contribution in [0.25, 0.3) is 0 Å². The maximum Gasteiger partial charge on any atom is 0.252 e. The molecule has 0 saturated heterocycles. The SMILES string of the molecule is CCC(C)(C)CNC(=O)c1cc(S(N)(=O)=O)ccc1Cl. The molecule has 112 valence electrons. The molecular formula is C13H19ClN2O3S. The molecule has 1 amide bonds. The fourth-order valence-electron chi connectivity index (χ4n) is 1.40. The van der Waals surface area contributed by atoms with E-state index in [1.807, 2.05) is 20.8 Å². The number of hydrogen-bond donors (Lipinski definition) is 2. The highest BCUT2D eigenvalue weighted by atomic mass is 35.5. The highest BCUT2D eigenvalue weighted by molar-refractivity contribution is 7.89. The summed E-state index contributed by atoms with van der Waals surface area (Å²) >= 11 is 5.93. The van der Waals surface area contributed by atoms with Gasteiger partial charge in [0.05, 0.1) is 15.5 Å². The van der Waals surface area contributed by atoms with Crippen LogP contribution in [0.15, 0.2) is 23.1 Å². The van der Waals surface area contributed by atoms with Crippen molar-refractivity contribution in [3.05, 3.63) is 28.8 Å². The second kappa shape index (κ2) is 6.11. The molecule has 0 spiro atoms. The zero-order valence-electron chi connectivity index (χ0n) is 11.7. The van der Waals surface area contributed by atoms with Gasteiger partial charge in [-0.25, -0.2) is 13.6 Å². The number of benzene rings is 1. The summed E-state index contributed by atoms with van der Waals surface area (Å²) in [7, 11) is -3.86. The van der Waals surface area contributed by atoms with E-state index >= 15 is 0 Å². The molecular weight excluding hydrogens is 300 g/mol. The van der Waals surface area contributed by atoms with Crippen LogP contribution in [0.2, 0.25) is 5.02 Å². The van der Waals surface area contributed by atoms with Gasteiger partial charge in [-0.2, -0.15) is 0 Å². The monoisotopic (exact) mass is 318 g/mol. The second-order valence-electron chi connectivity index (χ2n) is 5.39. The van der Waals surface area contributed by atoms with Crippen LogP contribution in [0, 0.1) is 5.41 Å². The van der Waals surface area contributed by atoms with Crippen LogP contribution in [-0.2, 0) is 10.0 Å². The first kappa shape index (κ1) is 16.9. The van der Waals surface area contributed by atoms with Crippen LogP contribution in [0.1, 0.15) is 37.6 Å². The van der Waals surface area contributed by atoms with Crippen molar-refractivity contribution in [3.8, 4) is 0 Å². The van der Waals surface area contributed by atoms with E-state index in [9.17, 15) is 13.2 Å². The van der Waals surface area contributed by atoms with Gasteiger partial charge in [0.25, 0.3) is 5.91 Å². The lowest BCUT2D eigenvalue weighted by atomic mass is 9.90. The molecule has 1 aromatic rings. The predicted octanol–water partition coefficient (Wildman–Crippen LogP) is 2.15. The standard InChI is InChI=1S/C13H19ClN2O3S/c1-4-13(2,3)8-16-12(17)10-7-9(20(15,18)19)5-6-11(10)14/h5-7H,4,8H2,1-3H3,(H,16,17)(H2,15,18,19). The summed E-state index contributed by atoms with van der Waals surface area (Å²) in [5, 5.41) is 7.97. The van der Waals surface area contributed by atoms with Crippen LogP contribution >= 0.6 is 11.6 Å². The van der Waals surface area contributed by atoms with Gasteiger partial charge in [0, 0.05) is 6.54 Å². The van der Waals surface area contributed by atoms with Crippen molar-refractivity contribution >= 4 is 27.5 Å². The lowest BCUT2D eigenvalue weighted by Crippen LogP contribution is -2.33. The quantitative estimate of drug-likeness (QED) is 0.871. The number of sulfonamides is 1. The molecule has 0 heterocycles. The molecule has 0 unspecified atom stereocenters. The Labute approximate surface area is 124 Å². The van der Waals surface area contributed by atoms with E-state index < -0.39 is 15.9 Å². The minimum Gasteiger partial charge on any atom is -0.351 e. The molecule has 0 aliphatic rings. The average Bonchev–Trinajstić information content (AvgIpc) is 2.35. The maximum absolute atomic E-state index is 12.1. The lowest BCUT2D eigenvalue weighted by molar-refractivity contribution is 0.0935. The van der Waals surface area contributed by atoms with Crippen LogP contribution < -0.4 is 10.5 Å². The summed E-state index contributed by atoms with van der Waals surface area (Å²) in [6, 6.07) is 3.80. The lowest BCUT2D eigenvalue weighted by Gasteiger charge is -2.23. The smallest absolute Gasteiger partial charge is 0.252 e. The first-order chi connectivity index (χ1) is 9.07. The van der Waals surface area contributed by atoms with Gasteiger partial charge in [0.2, 0.25) is 10.0 Å². The summed E-state index contributed by atoms with van der Waals surface area (Å²) in [5.74, 6) is -0.415. The number of nitrogens with two attached hydrogens (primary N) is 1. The largest absolute Gasteiger partial charge is 0.351 e. The van der Waals surface area contributed by atoms with Gasteiger partial charge >= 0.3 is 0 Å². The molecule has 0 aliphatic carbocycles. The Morgan fingerprint density at radius 3 is 2.50 bits per heavy atom. The molecule has 0 bridgehead atoms. The fourth-order valence-corrected chi connectivity index (χ4v) is 2.14. The number of carbonyl (C=O) groups is 1. The van der Waals surface area contributed by atoms with E-state index in [0.717, 1.165) is 6.42 Å². The molecule has 0 aromatic heterocycles. The summed E-state index contributed by atoms with van der Waals surface area (Å²) in [6.45, 7) is 6.55. The summed E-state index contributed by atoms with van der Waals surface area (Å²) in [5.41, 5.74) is 0.0600. The van der Waals surface area contributed by atoms with Gasteiger partial charge in [-0.05, 0) is 30.0 Å². The highest BCUT2D eigenvalue weighted by Crippen LogP contribution is 2.21.